The van der Waals surface area contributed by atoms with Crippen molar-refractivity contribution >= 4 is 28.6 Å². The van der Waals surface area contributed by atoms with E-state index in [-0.39, 0.29) is 11.5 Å². The largest absolute Gasteiger partial charge is 0.392 e. The first-order chi connectivity index (χ1) is 9.20. The molecule has 1 aliphatic heterocycles. The summed E-state index contributed by atoms with van der Waals surface area (Å²) in [6.07, 6.45) is 6.11. The van der Waals surface area contributed by atoms with Crippen LogP contribution in [0.25, 0.3) is 11.0 Å². The summed E-state index contributed by atoms with van der Waals surface area (Å²) in [7, 11) is 0. The van der Waals surface area contributed by atoms with Crippen molar-refractivity contribution in [2.24, 2.45) is 0 Å². The lowest BCUT2D eigenvalue weighted by atomic mass is 10.2. The molecule has 0 saturated carbocycles. The van der Waals surface area contributed by atoms with Crippen LogP contribution in [0.4, 0.5) is 5.82 Å². The molecular formula is C12H17N5OS. The first-order valence-electron chi connectivity index (χ1n) is 6.23. The van der Waals surface area contributed by atoms with Crippen LogP contribution in [-0.4, -0.2) is 50.4 Å². The SMILES string of the molecule is CSC(c1c[nH]c2c(N)ncnc12)N1CC[C@@H](O)C1. The quantitative estimate of drug-likeness (QED) is 0.775. The summed E-state index contributed by atoms with van der Waals surface area (Å²) >= 11 is 1.74. The molecule has 0 aromatic carbocycles. The number of β-amino-alcohol motifs (C(OH)–C–C–N with tert-alkyl or cyclic N) is 1. The molecule has 1 saturated heterocycles. The van der Waals surface area contributed by atoms with Gasteiger partial charge in [-0.15, -0.1) is 11.8 Å². The van der Waals surface area contributed by atoms with Crippen molar-refractivity contribution in [2.75, 3.05) is 25.1 Å². The Morgan fingerprint density at radius 3 is 3.11 bits per heavy atom. The van der Waals surface area contributed by atoms with E-state index in [1.165, 1.54) is 6.33 Å². The molecule has 2 aromatic rings. The number of nitrogens with zero attached hydrogens (tertiary/aromatic N) is 3. The number of rotatable bonds is 3. The van der Waals surface area contributed by atoms with Gasteiger partial charge in [-0.2, -0.15) is 0 Å². The number of aromatic nitrogens is 3. The summed E-state index contributed by atoms with van der Waals surface area (Å²) in [4.78, 5) is 13.8. The number of H-pyrrole nitrogens is 1. The van der Waals surface area contributed by atoms with Gasteiger partial charge in [0.15, 0.2) is 5.82 Å². The number of hydrogen-bond acceptors (Lipinski definition) is 6. The summed E-state index contributed by atoms with van der Waals surface area (Å²) in [5, 5.41) is 9.88. The number of aromatic amines is 1. The molecule has 19 heavy (non-hydrogen) atoms. The fourth-order valence-corrected chi connectivity index (χ4v) is 3.54. The molecule has 6 nitrogen and oxygen atoms in total. The lowest BCUT2D eigenvalue weighted by Crippen LogP contribution is -2.25. The van der Waals surface area contributed by atoms with E-state index in [0.29, 0.717) is 12.4 Å². The summed E-state index contributed by atoms with van der Waals surface area (Å²) in [6.45, 7) is 1.61. The summed E-state index contributed by atoms with van der Waals surface area (Å²) in [6, 6.07) is 0. The van der Waals surface area contributed by atoms with E-state index in [1.807, 2.05) is 6.20 Å². The maximum atomic E-state index is 9.69. The number of fused-ring (bicyclic) bond motifs is 1. The highest BCUT2D eigenvalue weighted by atomic mass is 32.2. The summed E-state index contributed by atoms with van der Waals surface area (Å²) in [5.41, 5.74) is 8.60. The zero-order chi connectivity index (χ0) is 13.4. The predicted octanol–water partition coefficient (Wildman–Crippen LogP) is 0.968. The van der Waals surface area contributed by atoms with E-state index in [4.69, 9.17) is 5.73 Å². The fourth-order valence-electron chi connectivity index (χ4n) is 2.62. The van der Waals surface area contributed by atoms with Crippen molar-refractivity contribution in [1.82, 2.24) is 19.9 Å². The molecule has 1 unspecified atom stereocenters. The van der Waals surface area contributed by atoms with Gasteiger partial charge in [-0.3, -0.25) is 4.90 Å². The molecule has 2 aromatic heterocycles. The van der Waals surface area contributed by atoms with Gasteiger partial charge in [0, 0.05) is 24.8 Å². The molecule has 3 heterocycles. The van der Waals surface area contributed by atoms with Crippen LogP contribution in [0.2, 0.25) is 0 Å². The topological polar surface area (TPSA) is 91.1 Å². The maximum Gasteiger partial charge on any atom is 0.151 e. The Bertz CT molecular complexity index is 587. The molecule has 0 aliphatic carbocycles. The van der Waals surface area contributed by atoms with E-state index in [9.17, 15) is 5.11 Å². The van der Waals surface area contributed by atoms with E-state index in [2.05, 4.69) is 26.1 Å². The molecule has 1 fully saturated rings. The number of nitrogen functional groups attached to an aromatic ring is 1. The number of nitrogens with one attached hydrogen (secondary N) is 1. The van der Waals surface area contributed by atoms with Crippen LogP contribution >= 0.6 is 11.8 Å². The molecular weight excluding hydrogens is 262 g/mol. The minimum atomic E-state index is -0.223. The minimum Gasteiger partial charge on any atom is -0.392 e. The molecule has 0 bridgehead atoms. The predicted molar refractivity (Wildman–Crippen MR) is 76.8 cm³/mol. The summed E-state index contributed by atoms with van der Waals surface area (Å²) in [5.74, 6) is 0.470. The molecule has 7 heteroatoms. The molecule has 102 valence electrons. The van der Waals surface area contributed by atoms with Crippen LogP contribution in [0.1, 0.15) is 17.4 Å². The van der Waals surface area contributed by atoms with E-state index >= 15 is 0 Å². The van der Waals surface area contributed by atoms with Crippen LogP contribution in [0, 0.1) is 0 Å². The van der Waals surface area contributed by atoms with Crippen molar-refractivity contribution in [3.8, 4) is 0 Å². The smallest absolute Gasteiger partial charge is 0.151 e. The lowest BCUT2D eigenvalue weighted by Gasteiger charge is -2.25. The van der Waals surface area contributed by atoms with Crippen LogP contribution in [0.5, 0.6) is 0 Å². The minimum absolute atomic E-state index is 0.181. The van der Waals surface area contributed by atoms with Gasteiger partial charge in [-0.25, -0.2) is 9.97 Å². The van der Waals surface area contributed by atoms with Crippen molar-refractivity contribution in [2.45, 2.75) is 17.9 Å². The van der Waals surface area contributed by atoms with Gasteiger partial charge >= 0.3 is 0 Å². The lowest BCUT2D eigenvalue weighted by molar-refractivity contribution is 0.174. The monoisotopic (exact) mass is 279 g/mol. The number of anilines is 1. The molecule has 0 amide bonds. The van der Waals surface area contributed by atoms with Gasteiger partial charge in [0.05, 0.1) is 17.0 Å². The van der Waals surface area contributed by atoms with Crippen molar-refractivity contribution in [1.29, 1.82) is 0 Å². The third-order valence-electron chi connectivity index (χ3n) is 3.54. The highest BCUT2D eigenvalue weighted by Gasteiger charge is 2.29. The molecule has 2 atom stereocenters. The Labute approximate surface area is 115 Å². The molecule has 4 N–H and O–H groups in total. The maximum absolute atomic E-state index is 9.69. The van der Waals surface area contributed by atoms with Gasteiger partial charge < -0.3 is 15.8 Å². The van der Waals surface area contributed by atoms with Gasteiger partial charge in [0.25, 0.3) is 0 Å². The second kappa shape index (κ2) is 4.99. The molecule has 0 radical (unpaired) electrons. The zero-order valence-corrected chi connectivity index (χ0v) is 11.5. The first-order valence-corrected chi connectivity index (χ1v) is 7.52. The Morgan fingerprint density at radius 1 is 1.58 bits per heavy atom. The Kier molecular flexibility index (Phi) is 3.34. The second-order valence-electron chi connectivity index (χ2n) is 4.75. The van der Waals surface area contributed by atoms with E-state index in [1.54, 1.807) is 11.8 Å². The number of aliphatic hydroxyl groups excluding tert-OH is 1. The van der Waals surface area contributed by atoms with Crippen molar-refractivity contribution < 1.29 is 5.11 Å². The number of aliphatic hydroxyl groups is 1. The van der Waals surface area contributed by atoms with Crippen LogP contribution in [-0.2, 0) is 0 Å². The average Bonchev–Trinajstić information content (AvgIpc) is 2.99. The van der Waals surface area contributed by atoms with Crippen LogP contribution < -0.4 is 5.73 Å². The third kappa shape index (κ3) is 2.18. The number of nitrogens with two attached hydrogens (primary N) is 1. The number of thioether (sulfide) groups is 1. The van der Waals surface area contributed by atoms with Gasteiger partial charge in [-0.05, 0) is 12.7 Å². The van der Waals surface area contributed by atoms with E-state index in [0.717, 1.165) is 29.6 Å². The zero-order valence-electron chi connectivity index (χ0n) is 10.7. The van der Waals surface area contributed by atoms with E-state index < -0.39 is 0 Å². The second-order valence-corrected chi connectivity index (χ2v) is 5.67. The van der Waals surface area contributed by atoms with Crippen LogP contribution in [0.15, 0.2) is 12.5 Å². The van der Waals surface area contributed by atoms with Gasteiger partial charge in [0.2, 0.25) is 0 Å². The fraction of sp³-hybridized carbons (Fsp3) is 0.500. The van der Waals surface area contributed by atoms with Gasteiger partial charge in [0.1, 0.15) is 11.8 Å². The first kappa shape index (κ1) is 12.7. The number of hydrogen-bond donors (Lipinski definition) is 3. The molecule has 1 aliphatic rings. The molecule has 3 rings (SSSR count). The Balaban J connectivity index is 2.00. The highest BCUT2D eigenvalue weighted by Crippen LogP contribution is 2.37. The Hall–Kier alpha value is -1.31. The average molecular weight is 279 g/mol. The third-order valence-corrected chi connectivity index (χ3v) is 4.54. The molecule has 0 spiro atoms. The summed E-state index contributed by atoms with van der Waals surface area (Å²) < 4.78 is 0. The number of likely N-dealkylation sites (tertiary alicyclic amines) is 1. The van der Waals surface area contributed by atoms with Crippen LogP contribution in [0.3, 0.4) is 0 Å². The van der Waals surface area contributed by atoms with Gasteiger partial charge in [-0.1, -0.05) is 0 Å². The normalized spacial score (nSPS) is 22.1. The van der Waals surface area contributed by atoms with Crippen molar-refractivity contribution in [3.05, 3.63) is 18.1 Å². The highest BCUT2D eigenvalue weighted by molar-refractivity contribution is 7.98. The standard InChI is InChI=1S/C12H17N5OS/c1-19-12(17-3-2-7(18)5-17)8-4-14-10-9(8)15-6-16-11(10)13/h4,6-7,12,14,18H,2-3,5H2,1H3,(H2,13,15,16)/t7-,12?/m1/s1. The van der Waals surface area contributed by atoms with Crippen molar-refractivity contribution in [3.63, 3.8) is 0 Å². The Morgan fingerprint density at radius 2 is 2.42 bits per heavy atom.